The normalized spacial score (nSPS) is 10.6. The van der Waals surface area contributed by atoms with Crippen molar-refractivity contribution in [3.63, 3.8) is 0 Å². The fraction of sp³-hybridized carbons (Fsp3) is 0.222. The second-order valence-corrected chi connectivity index (χ2v) is 5.17. The SMILES string of the molecule is COc1ccccc1/C=N\OCC(=O)Nc1cc(C)cc(C)c1. The van der Waals surface area contributed by atoms with Gasteiger partial charge in [-0.05, 0) is 49.2 Å². The van der Waals surface area contributed by atoms with E-state index in [0.29, 0.717) is 5.75 Å². The van der Waals surface area contributed by atoms with Gasteiger partial charge >= 0.3 is 0 Å². The monoisotopic (exact) mass is 312 g/mol. The lowest BCUT2D eigenvalue weighted by Gasteiger charge is -2.07. The number of benzene rings is 2. The zero-order valence-corrected chi connectivity index (χ0v) is 13.5. The zero-order chi connectivity index (χ0) is 16.7. The molecule has 120 valence electrons. The van der Waals surface area contributed by atoms with E-state index in [2.05, 4.69) is 10.5 Å². The number of rotatable bonds is 6. The van der Waals surface area contributed by atoms with Gasteiger partial charge in [-0.1, -0.05) is 23.4 Å². The minimum Gasteiger partial charge on any atom is -0.496 e. The fourth-order valence-electron chi connectivity index (χ4n) is 2.21. The molecule has 5 nitrogen and oxygen atoms in total. The fourth-order valence-corrected chi connectivity index (χ4v) is 2.21. The smallest absolute Gasteiger partial charge is 0.265 e. The van der Waals surface area contributed by atoms with Gasteiger partial charge < -0.3 is 14.9 Å². The molecule has 0 fully saturated rings. The lowest BCUT2D eigenvalue weighted by molar-refractivity contribution is -0.120. The number of carbonyl (C=O) groups is 1. The Kier molecular flexibility index (Phi) is 5.74. The summed E-state index contributed by atoms with van der Waals surface area (Å²) in [6.45, 7) is 3.81. The highest BCUT2D eigenvalue weighted by Crippen LogP contribution is 2.15. The number of aryl methyl sites for hydroxylation is 2. The topological polar surface area (TPSA) is 59.9 Å². The van der Waals surface area contributed by atoms with Crippen molar-refractivity contribution in [3.05, 3.63) is 59.2 Å². The molecule has 23 heavy (non-hydrogen) atoms. The molecule has 5 heteroatoms. The summed E-state index contributed by atoms with van der Waals surface area (Å²) in [7, 11) is 1.59. The molecule has 2 aromatic rings. The predicted molar refractivity (Wildman–Crippen MR) is 91.1 cm³/mol. The van der Waals surface area contributed by atoms with Gasteiger partial charge in [0.25, 0.3) is 5.91 Å². The maximum Gasteiger partial charge on any atom is 0.265 e. The summed E-state index contributed by atoms with van der Waals surface area (Å²) in [5.74, 6) is 0.437. The lowest BCUT2D eigenvalue weighted by Crippen LogP contribution is -2.17. The van der Waals surface area contributed by atoms with Gasteiger partial charge in [-0.3, -0.25) is 4.79 Å². The Morgan fingerprint density at radius 1 is 1.17 bits per heavy atom. The van der Waals surface area contributed by atoms with Crippen LogP contribution >= 0.6 is 0 Å². The Morgan fingerprint density at radius 2 is 1.87 bits per heavy atom. The molecule has 1 amide bonds. The molecule has 1 N–H and O–H groups in total. The van der Waals surface area contributed by atoms with Crippen LogP contribution in [-0.2, 0) is 9.63 Å². The van der Waals surface area contributed by atoms with E-state index in [1.54, 1.807) is 7.11 Å². The Bertz CT molecular complexity index is 691. The summed E-state index contributed by atoms with van der Waals surface area (Å²) in [4.78, 5) is 16.9. The van der Waals surface area contributed by atoms with E-state index in [-0.39, 0.29) is 12.5 Å². The first-order chi connectivity index (χ1) is 11.1. The van der Waals surface area contributed by atoms with E-state index in [4.69, 9.17) is 9.57 Å². The highest BCUT2D eigenvalue weighted by molar-refractivity contribution is 5.92. The van der Waals surface area contributed by atoms with Crippen molar-refractivity contribution in [3.8, 4) is 5.75 Å². The number of hydrogen-bond acceptors (Lipinski definition) is 4. The molecule has 0 heterocycles. The van der Waals surface area contributed by atoms with Gasteiger partial charge in [0.1, 0.15) is 5.75 Å². The van der Waals surface area contributed by atoms with Crippen LogP contribution in [0.4, 0.5) is 5.69 Å². The van der Waals surface area contributed by atoms with Gasteiger partial charge in [0.15, 0.2) is 6.61 Å². The van der Waals surface area contributed by atoms with Crippen LogP contribution in [0.5, 0.6) is 5.75 Å². The summed E-state index contributed by atoms with van der Waals surface area (Å²) in [6, 6.07) is 13.3. The number of carbonyl (C=O) groups excluding carboxylic acids is 1. The third-order valence-electron chi connectivity index (χ3n) is 3.11. The second-order valence-electron chi connectivity index (χ2n) is 5.17. The van der Waals surface area contributed by atoms with Crippen LogP contribution in [0, 0.1) is 13.8 Å². The van der Waals surface area contributed by atoms with Crippen molar-refractivity contribution in [1.82, 2.24) is 0 Å². The number of methoxy groups -OCH3 is 1. The van der Waals surface area contributed by atoms with Crippen molar-refractivity contribution in [2.75, 3.05) is 19.0 Å². The molecular weight excluding hydrogens is 292 g/mol. The zero-order valence-electron chi connectivity index (χ0n) is 13.5. The molecule has 0 unspecified atom stereocenters. The second kappa shape index (κ2) is 7.98. The minimum absolute atomic E-state index is 0.154. The number of para-hydroxylation sites is 1. The Morgan fingerprint density at radius 3 is 2.57 bits per heavy atom. The Hall–Kier alpha value is -2.82. The molecule has 0 aromatic heterocycles. The molecule has 0 saturated carbocycles. The van der Waals surface area contributed by atoms with E-state index in [1.165, 1.54) is 6.21 Å². The number of oxime groups is 1. The standard InChI is InChI=1S/C18H20N2O3/c1-13-8-14(2)10-16(9-13)20-18(21)12-23-19-11-15-6-4-5-7-17(15)22-3/h4-11H,12H2,1-3H3,(H,20,21)/b19-11-. The molecule has 0 saturated heterocycles. The molecular formula is C18H20N2O3. The minimum atomic E-state index is -0.257. The van der Waals surface area contributed by atoms with Crippen LogP contribution in [0.3, 0.4) is 0 Å². The van der Waals surface area contributed by atoms with Crippen LogP contribution in [-0.4, -0.2) is 25.8 Å². The third kappa shape index (κ3) is 5.14. The third-order valence-corrected chi connectivity index (χ3v) is 3.11. The van der Waals surface area contributed by atoms with E-state index >= 15 is 0 Å². The number of nitrogens with one attached hydrogen (secondary N) is 1. The molecule has 0 spiro atoms. The Balaban J connectivity index is 1.86. The molecule has 0 aliphatic heterocycles. The number of amides is 1. The molecule has 2 aromatic carbocycles. The quantitative estimate of drug-likeness (QED) is 0.657. The van der Waals surface area contributed by atoms with Crippen molar-refractivity contribution >= 4 is 17.8 Å². The first kappa shape index (κ1) is 16.5. The maximum atomic E-state index is 11.8. The highest BCUT2D eigenvalue weighted by atomic mass is 16.6. The first-order valence-electron chi connectivity index (χ1n) is 7.25. The largest absolute Gasteiger partial charge is 0.496 e. The van der Waals surface area contributed by atoms with Crippen LogP contribution in [0.25, 0.3) is 0 Å². The molecule has 0 aliphatic rings. The van der Waals surface area contributed by atoms with Gasteiger partial charge in [-0.15, -0.1) is 0 Å². The van der Waals surface area contributed by atoms with Crippen molar-refractivity contribution in [1.29, 1.82) is 0 Å². The summed E-state index contributed by atoms with van der Waals surface area (Å²) >= 11 is 0. The lowest BCUT2D eigenvalue weighted by atomic mass is 10.1. The van der Waals surface area contributed by atoms with Gasteiger partial charge in [-0.25, -0.2) is 0 Å². The van der Waals surface area contributed by atoms with Crippen molar-refractivity contribution in [2.24, 2.45) is 5.16 Å². The molecule has 0 radical (unpaired) electrons. The van der Waals surface area contributed by atoms with E-state index in [1.807, 2.05) is 56.3 Å². The predicted octanol–water partition coefficient (Wildman–Crippen LogP) is 3.30. The number of hydrogen-bond donors (Lipinski definition) is 1. The summed E-state index contributed by atoms with van der Waals surface area (Å²) in [5, 5.41) is 6.58. The van der Waals surface area contributed by atoms with Crippen molar-refractivity contribution in [2.45, 2.75) is 13.8 Å². The van der Waals surface area contributed by atoms with Crippen molar-refractivity contribution < 1.29 is 14.4 Å². The highest BCUT2D eigenvalue weighted by Gasteiger charge is 2.04. The Labute approximate surface area is 135 Å². The van der Waals surface area contributed by atoms with E-state index in [0.717, 1.165) is 22.4 Å². The van der Waals surface area contributed by atoms with Crippen LogP contribution in [0.15, 0.2) is 47.6 Å². The van der Waals surface area contributed by atoms with Crippen LogP contribution in [0.1, 0.15) is 16.7 Å². The molecule has 0 atom stereocenters. The average molecular weight is 312 g/mol. The van der Waals surface area contributed by atoms with E-state index in [9.17, 15) is 4.79 Å². The van der Waals surface area contributed by atoms with E-state index < -0.39 is 0 Å². The summed E-state index contributed by atoms with van der Waals surface area (Å²) in [5.41, 5.74) is 3.72. The maximum absolute atomic E-state index is 11.8. The summed E-state index contributed by atoms with van der Waals surface area (Å²) < 4.78 is 5.20. The van der Waals surface area contributed by atoms with Gasteiger partial charge in [0.05, 0.1) is 13.3 Å². The van der Waals surface area contributed by atoms with Gasteiger partial charge in [-0.2, -0.15) is 0 Å². The first-order valence-corrected chi connectivity index (χ1v) is 7.25. The number of ether oxygens (including phenoxy) is 1. The van der Waals surface area contributed by atoms with Gasteiger partial charge in [0.2, 0.25) is 0 Å². The number of nitrogens with zero attached hydrogens (tertiary/aromatic N) is 1. The average Bonchev–Trinajstić information content (AvgIpc) is 2.51. The summed E-state index contributed by atoms with van der Waals surface area (Å²) in [6.07, 6.45) is 1.52. The number of anilines is 1. The van der Waals surface area contributed by atoms with Crippen LogP contribution < -0.4 is 10.1 Å². The molecule has 0 bridgehead atoms. The van der Waals surface area contributed by atoms with Crippen LogP contribution in [0.2, 0.25) is 0 Å². The molecule has 0 aliphatic carbocycles. The molecule has 2 rings (SSSR count). The van der Waals surface area contributed by atoms with Gasteiger partial charge in [0, 0.05) is 11.3 Å².